The van der Waals surface area contributed by atoms with Gasteiger partial charge in [-0.05, 0) is 61.9 Å². The monoisotopic (exact) mass is 398 g/mol. The summed E-state index contributed by atoms with van der Waals surface area (Å²) in [4.78, 5) is 19.7. The van der Waals surface area contributed by atoms with Gasteiger partial charge >= 0.3 is 0 Å². The number of halogens is 2. The Morgan fingerprint density at radius 3 is 2.71 bits per heavy atom. The zero-order valence-corrected chi connectivity index (χ0v) is 16.6. The fourth-order valence-electron chi connectivity index (χ4n) is 3.81. The van der Waals surface area contributed by atoms with Crippen molar-refractivity contribution >= 4 is 22.9 Å². The molecule has 1 amide bonds. The van der Waals surface area contributed by atoms with Crippen LogP contribution in [0.25, 0.3) is 11.3 Å². The summed E-state index contributed by atoms with van der Waals surface area (Å²) >= 11 is 1.83. The molecular weight excluding hydrogens is 378 g/mol. The number of carbonyl (C=O) groups is 1. The molecule has 0 saturated heterocycles. The zero-order chi connectivity index (χ0) is 19.8. The van der Waals surface area contributed by atoms with Crippen LogP contribution in [0.2, 0.25) is 0 Å². The second-order valence-electron chi connectivity index (χ2n) is 6.92. The van der Waals surface area contributed by atoms with E-state index in [2.05, 4.69) is 17.2 Å². The van der Waals surface area contributed by atoms with Crippen LogP contribution >= 0.6 is 11.3 Å². The number of hydrogen-bond acceptors (Lipinski definition) is 3. The molecule has 0 fully saturated rings. The minimum Gasteiger partial charge on any atom is -0.320 e. The Balaban J connectivity index is 1.68. The summed E-state index contributed by atoms with van der Waals surface area (Å²) in [6.07, 6.45) is 5.63. The number of nitrogens with zero attached hydrogens (tertiary/aromatic N) is 1. The summed E-state index contributed by atoms with van der Waals surface area (Å²) in [7, 11) is 0. The van der Waals surface area contributed by atoms with Crippen LogP contribution in [0.4, 0.5) is 14.5 Å². The van der Waals surface area contributed by atoms with Gasteiger partial charge in [0, 0.05) is 15.3 Å². The summed E-state index contributed by atoms with van der Waals surface area (Å²) in [5.41, 5.74) is 4.26. The van der Waals surface area contributed by atoms with Crippen molar-refractivity contribution in [1.29, 1.82) is 0 Å². The number of aromatic nitrogens is 1. The number of anilines is 1. The Bertz CT molecular complexity index is 1050. The van der Waals surface area contributed by atoms with Gasteiger partial charge in [0.05, 0.1) is 17.6 Å². The second kappa shape index (κ2) is 7.43. The Morgan fingerprint density at radius 1 is 1.25 bits per heavy atom. The highest BCUT2D eigenvalue weighted by molar-refractivity contribution is 7.12. The first-order valence-corrected chi connectivity index (χ1v) is 10.2. The summed E-state index contributed by atoms with van der Waals surface area (Å²) < 4.78 is 27.8. The fourth-order valence-corrected chi connectivity index (χ4v) is 5.09. The molecule has 3 nitrogen and oxygen atoms in total. The van der Waals surface area contributed by atoms with E-state index in [4.69, 9.17) is 0 Å². The molecule has 0 radical (unpaired) electrons. The van der Waals surface area contributed by atoms with Crippen LogP contribution in [0, 0.1) is 18.6 Å². The molecule has 0 bridgehead atoms. The molecule has 6 heteroatoms. The predicted octanol–water partition coefficient (Wildman–Crippen LogP) is 5.70. The molecule has 144 valence electrons. The van der Waals surface area contributed by atoms with E-state index in [1.165, 1.54) is 33.4 Å². The van der Waals surface area contributed by atoms with Crippen molar-refractivity contribution in [2.45, 2.75) is 39.5 Å². The first-order chi connectivity index (χ1) is 13.5. The van der Waals surface area contributed by atoms with E-state index in [0.29, 0.717) is 12.1 Å². The fraction of sp³-hybridized carbons (Fsp3) is 0.273. The smallest absolute Gasteiger partial charge is 0.261 e. The van der Waals surface area contributed by atoms with Crippen molar-refractivity contribution in [2.24, 2.45) is 0 Å². The van der Waals surface area contributed by atoms with Crippen LogP contribution in [0.1, 0.15) is 44.6 Å². The van der Waals surface area contributed by atoms with Crippen molar-refractivity contribution in [3.63, 3.8) is 0 Å². The molecular formula is C22H20F2N2OS. The lowest BCUT2D eigenvalue weighted by Gasteiger charge is -2.13. The highest BCUT2D eigenvalue weighted by Crippen LogP contribution is 2.41. The van der Waals surface area contributed by atoms with Crippen molar-refractivity contribution in [1.82, 2.24) is 4.98 Å². The molecule has 28 heavy (non-hydrogen) atoms. The van der Waals surface area contributed by atoms with Crippen LogP contribution in [0.3, 0.4) is 0 Å². The topological polar surface area (TPSA) is 42.0 Å². The van der Waals surface area contributed by atoms with Gasteiger partial charge in [0.25, 0.3) is 5.91 Å². The largest absolute Gasteiger partial charge is 0.320 e. The maximum Gasteiger partial charge on any atom is 0.261 e. The summed E-state index contributed by atoms with van der Waals surface area (Å²) in [6, 6.07) is 5.35. The quantitative estimate of drug-likeness (QED) is 0.612. The van der Waals surface area contributed by atoms with E-state index in [0.717, 1.165) is 36.2 Å². The van der Waals surface area contributed by atoms with E-state index in [-0.39, 0.29) is 0 Å². The number of pyridine rings is 1. The van der Waals surface area contributed by atoms with Gasteiger partial charge in [0.15, 0.2) is 0 Å². The van der Waals surface area contributed by atoms with Crippen LogP contribution < -0.4 is 5.32 Å². The van der Waals surface area contributed by atoms with Gasteiger partial charge in [-0.3, -0.25) is 9.78 Å². The highest BCUT2D eigenvalue weighted by atomic mass is 32.1. The van der Waals surface area contributed by atoms with E-state index in [1.807, 2.05) is 24.3 Å². The SMILES string of the molecule is CCc1cc(-c2c(C)sc3c2CCC3)ncc1NC(=O)c1c(F)cccc1F. The number of aryl methyl sites for hydroxylation is 3. The number of benzene rings is 1. The zero-order valence-electron chi connectivity index (χ0n) is 15.7. The van der Waals surface area contributed by atoms with Crippen LogP contribution in [-0.4, -0.2) is 10.9 Å². The van der Waals surface area contributed by atoms with Crippen LogP contribution in [-0.2, 0) is 19.3 Å². The number of nitrogens with one attached hydrogen (secondary N) is 1. The standard InChI is InChI=1S/C22H20F2N2OS/c1-3-13-10-17(20-12(2)28-19-9-4-6-14(19)20)25-11-18(13)26-22(27)21-15(23)7-5-8-16(21)24/h5,7-8,10-11H,3-4,6,9H2,1-2H3,(H,26,27). The molecule has 1 aromatic carbocycles. The summed E-state index contributed by atoms with van der Waals surface area (Å²) in [5, 5.41) is 2.62. The number of fused-ring (bicyclic) bond motifs is 1. The highest BCUT2D eigenvalue weighted by Gasteiger charge is 2.23. The van der Waals surface area contributed by atoms with Crippen molar-refractivity contribution in [3.8, 4) is 11.3 Å². The number of carbonyl (C=O) groups excluding carboxylic acids is 1. The van der Waals surface area contributed by atoms with Crippen molar-refractivity contribution in [3.05, 3.63) is 68.5 Å². The molecule has 1 aliphatic carbocycles. The molecule has 3 aromatic rings. The normalized spacial score (nSPS) is 12.9. The molecule has 0 saturated carbocycles. The van der Waals surface area contributed by atoms with Gasteiger partial charge < -0.3 is 5.32 Å². The first-order valence-electron chi connectivity index (χ1n) is 9.35. The minimum absolute atomic E-state index is 0.475. The lowest BCUT2D eigenvalue weighted by atomic mass is 10.0. The average Bonchev–Trinajstić information content (AvgIpc) is 3.22. The molecule has 0 atom stereocenters. The van der Waals surface area contributed by atoms with Crippen LogP contribution in [0.15, 0.2) is 30.5 Å². The summed E-state index contributed by atoms with van der Waals surface area (Å²) in [5.74, 6) is -2.58. The molecule has 1 aliphatic rings. The molecule has 0 spiro atoms. The third-order valence-electron chi connectivity index (χ3n) is 5.16. The van der Waals surface area contributed by atoms with E-state index in [9.17, 15) is 13.6 Å². The van der Waals surface area contributed by atoms with Gasteiger partial charge in [0.2, 0.25) is 0 Å². The lowest BCUT2D eigenvalue weighted by Crippen LogP contribution is -2.17. The van der Waals surface area contributed by atoms with E-state index >= 15 is 0 Å². The third-order valence-corrected chi connectivity index (χ3v) is 6.37. The molecule has 2 aromatic heterocycles. The Labute approximate surface area is 166 Å². The number of amides is 1. The molecule has 0 unspecified atom stereocenters. The second-order valence-corrected chi connectivity index (χ2v) is 8.23. The van der Waals surface area contributed by atoms with Gasteiger partial charge in [-0.1, -0.05) is 13.0 Å². The van der Waals surface area contributed by atoms with Gasteiger partial charge in [-0.2, -0.15) is 0 Å². The Hall–Kier alpha value is -2.60. The van der Waals surface area contributed by atoms with Crippen LogP contribution in [0.5, 0.6) is 0 Å². The third kappa shape index (κ3) is 3.22. The van der Waals surface area contributed by atoms with Gasteiger partial charge in [0.1, 0.15) is 17.2 Å². The number of rotatable bonds is 4. The van der Waals surface area contributed by atoms with E-state index < -0.39 is 23.1 Å². The minimum atomic E-state index is -0.885. The maximum atomic E-state index is 13.9. The predicted molar refractivity (Wildman–Crippen MR) is 108 cm³/mol. The molecule has 4 rings (SSSR count). The first kappa shape index (κ1) is 18.7. The number of thiophene rings is 1. The maximum absolute atomic E-state index is 13.9. The van der Waals surface area contributed by atoms with Crippen molar-refractivity contribution < 1.29 is 13.6 Å². The Kier molecular flexibility index (Phi) is 4.98. The molecule has 2 heterocycles. The van der Waals surface area contributed by atoms with Crippen molar-refractivity contribution in [2.75, 3.05) is 5.32 Å². The lowest BCUT2D eigenvalue weighted by molar-refractivity contribution is 0.101. The van der Waals surface area contributed by atoms with Gasteiger partial charge in [-0.25, -0.2) is 8.78 Å². The summed E-state index contributed by atoms with van der Waals surface area (Å²) in [6.45, 7) is 4.09. The van der Waals surface area contributed by atoms with Gasteiger partial charge in [-0.15, -0.1) is 11.3 Å². The number of hydrogen-bond donors (Lipinski definition) is 1. The Morgan fingerprint density at radius 2 is 2.00 bits per heavy atom. The average molecular weight is 398 g/mol. The molecule has 0 aliphatic heterocycles. The van der Waals surface area contributed by atoms with E-state index in [1.54, 1.807) is 6.20 Å². The molecule has 1 N–H and O–H groups in total.